The molecule has 3 atom stereocenters. The number of benzene rings is 3. The van der Waals surface area contributed by atoms with Crippen LogP contribution in [-0.4, -0.2) is 95.2 Å². The van der Waals surface area contributed by atoms with Gasteiger partial charge < -0.3 is 34.9 Å². The third-order valence-electron chi connectivity index (χ3n) is 13.0. The normalized spacial score (nSPS) is 20.1. The molecular formula is C52H65N5O8S. The molecule has 6 rings (SSSR count). The number of β-amino-alcohol motifs (C(OH)–C–C–N with tert-alkyl or cyclic N) is 1. The van der Waals surface area contributed by atoms with E-state index in [1.807, 2.05) is 76.5 Å². The molecule has 1 aliphatic carbocycles. The van der Waals surface area contributed by atoms with Crippen LogP contribution in [0, 0.1) is 41.4 Å². The largest absolute Gasteiger partial charge is 0.494 e. The topological polar surface area (TPSA) is 180 Å². The number of nitrogens with zero attached hydrogens (tertiary/aromatic N) is 3. The van der Waals surface area contributed by atoms with E-state index in [1.54, 1.807) is 41.7 Å². The molecule has 0 spiro atoms. The van der Waals surface area contributed by atoms with Gasteiger partial charge in [-0.15, -0.1) is 11.3 Å². The van der Waals surface area contributed by atoms with Crippen LogP contribution in [0.15, 0.2) is 72.2 Å². The highest BCUT2D eigenvalue weighted by atomic mass is 32.1. The third-order valence-corrected chi connectivity index (χ3v) is 13.9. The molecule has 3 amide bonds. The summed E-state index contributed by atoms with van der Waals surface area (Å²) in [5, 5.41) is 26.0. The van der Waals surface area contributed by atoms with Gasteiger partial charge in [0, 0.05) is 48.4 Å². The van der Waals surface area contributed by atoms with Crippen LogP contribution in [0.5, 0.6) is 11.5 Å². The van der Waals surface area contributed by atoms with Crippen molar-refractivity contribution in [3.05, 3.63) is 100 Å². The van der Waals surface area contributed by atoms with Crippen molar-refractivity contribution in [2.75, 3.05) is 26.4 Å². The van der Waals surface area contributed by atoms with Crippen LogP contribution in [0.2, 0.25) is 0 Å². The van der Waals surface area contributed by atoms with Gasteiger partial charge in [0.25, 0.3) is 5.91 Å². The van der Waals surface area contributed by atoms with Crippen LogP contribution < -0.4 is 20.1 Å². The zero-order valence-corrected chi connectivity index (χ0v) is 40.6. The molecule has 3 N–H and O–H groups in total. The van der Waals surface area contributed by atoms with E-state index >= 15 is 0 Å². The fraction of sp³-hybridized carbons (Fsp3) is 0.500. The van der Waals surface area contributed by atoms with E-state index in [-0.39, 0.29) is 60.7 Å². The number of aryl methyl sites for hydroxylation is 3. The zero-order chi connectivity index (χ0) is 48.0. The minimum Gasteiger partial charge on any atom is -0.494 e. The predicted octanol–water partition coefficient (Wildman–Crippen LogP) is 7.78. The number of ether oxygens (including phenoxy) is 3. The maximum atomic E-state index is 14.0. The number of amides is 3. The molecule has 2 fully saturated rings. The highest BCUT2D eigenvalue weighted by Gasteiger charge is 2.64. The van der Waals surface area contributed by atoms with Crippen molar-refractivity contribution in [3.8, 4) is 28.0 Å². The van der Waals surface area contributed by atoms with Gasteiger partial charge in [-0.2, -0.15) is 5.26 Å². The van der Waals surface area contributed by atoms with Gasteiger partial charge in [0.15, 0.2) is 5.78 Å². The Morgan fingerprint density at radius 1 is 0.955 bits per heavy atom. The maximum Gasteiger partial charge on any atom is 0.251 e. The molecule has 1 aromatic heterocycles. The van der Waals surface area contributed by atoms with Crippen molar-refractivity contribution in [1.82, 2.24) is 20.5 Å². The second-order valence-electron chi connectivity index (χ2n) is 20.0. The van der Waals surface area contributed by atoms with Gasteiger partial charge in [-0.05, 0) is 97.7 Å². The molecule has 1 saturated carbocycles. The molecule has 14 heteroatoms. The zero-order valence-electron chi connectivity index (χ0n) is 39.7. The lowest BCUT2D eigenvalue weighted by Gasteiger charge is -2.63. The number of ketones is 1. The summed E-state index contributed by atoms with van der Waals surface area (Å²) in [7, 11) is 0. The Hall–Kier alpha value is -5.62. The summed E-state index contributed by atoms with van der Waals surface area (Å²) in [5.41, 5.74) is 5.49. The number of carbonyl (C=O) groups is 4. The van der Waals surface area contributed by atoms with Gasteiger partial charge in [-0.25, -0.2) is 4.98 Å². The number of hydrogen-bond donors (Lipinski definition) is 3. The Morgan fingerprint density at radius 3 is 2.24 bits per heavy atom. The molecule has 3 aromatic carbocycles. The first-order valence-electron chi connectivity index (χ1n) is 22.8. The lowest BCUT2D eigenvalue weighted by molar-refractivity contribution is -0.164. The van der Waals surface area contributed by atoms with E-state index in [4.69, 9.17) is 14.2 Å². The monoisotopic (exact) mass is 919 g/mol. The Kier molecular flexibility index (Phi) is 15.8. The van der Waals surface area contributed by atoms with Gasteiger partial charge in [0.05, 0.1) is 46.5 Å². The van der Waals surface area contributed by atoms with Gasteiger partial charge >= 0.3 is 0 Å². The molecule has 2 heterocycles. The van der Waals surface area contributed by atoms with Crippen LogP contribution in [-0.2, 0) is 25.5 Å². The second-order valence-corrected chi connectivity index (χ2v) is 20.8. The van der Waals surface area contributed by atoms with Crippen LogP contribution in [0.25, 0.3) is 10.4 Å². The highest BCUT2D eigenvalue weighted by molar-refractivity contribution is 7.13. The van der Waals surface area contributed by atoms with Gasteiger partial charge in [-0.3, -0.25) is 19.2 Å². The van der Waals surface area contributed by atoms with E-state index < -0.39 is 35.4 Å². The summed E-state index contributed by atoms with van der Waals surface area (Å²) in [6.07, 6.45) is 1.18. The molecule has 2 aliphatic rings. The molecule has 0 unspecified atom stereocenters. The fourth-order valence-corrected chi connectivity index (χ4v) is 10.4. The number of Topliss-reactive ketones (excluding diaryl/α,β-unsaturated/α-hetero) is 1. The number of aromatic nitrogens is 1. The number of hydrogen-bond acceptors (Lipinski definition) is 11. The Labute approximate surface area is 393 Å². The maximum absolute atomic E-state index is 14.0. The summed E-state index contributed by atoms with van der Waals surface area (Å²) in [6.45, 7) is 18.3. The molecule has 0 radical (unpaired) electrons. The van der Waals surface area contributed by atoms with Crippen molar-refractivity contribution in [2.24, 2.45) is 16.2 Å². The number of thiazole rings is 1. The molecule has 4 aromatic rings. The minimum absolute atomic E-state index is 0.0239. The van der Waals surface area contributed by atoms with E-state index in [9.17, 15) is 29.5 Å². The quantitative estimate of drug-likeness (QED) is 0.0787. The Bertz CT molecular complexity index is 2380. The molecular weight excluding hydrogens is 855 g/mol. The predicted molar refractivity (Wildman–Crippen MR) is 254 cm³/mol. The molecule has 1 aliphatic heterocycles. The number of likely N-dealkylation sites (tertiary alicyclic amines) is 1. The summed E-state index contributed by atoms with van der Waals surface area (Å²) in [4.78, 5) is 60.9. The summed E-state index contributed by atoms with van der Waals surface area (Å²) < 4.78 is 18.0. The average molecular weight is 920 g/mol. The van der Waals surface area contributed by atoms with Crippen molar-refractivity contribution >= 4 is 34.8 Å². The van der Waals surface area contributed by atoms with Crippen LogP contribution in [0.4, 0.5) is 0 Å². The van der Waals surface area contributed by atoms with E-state index in [0.717, 1.165) is 27.3 Å². The first kappa shape index (κ1) is 49.8. The fourth-order valence-electron chi connectivity index (χ4n) is 9.56. The smallest absolute Gasteiger partial charge is 0.251 e. The van der Waals surface area contributed by atoms with Gasteiger partial charge in [0.2, 0.25) is 11.8 Å². The molecule has 1 saturated heterocycles. The number of unbranched alkanes of at least 4 members (excludes halogenated alkanes) is 1. The van der Waals surface area contributed by atoms with Crippen LogP contribution in [0.1, 0.15) is 107 Å². The molecule has 0 bridgehead atoms. The van der Waals surface area contributed by atoms with Crippen LogP contribution in [0.3, 0.4) is 0 Å². The van der Waals surface area contributed by atoms with Crippen molar-refractivity contribution in [2.45, 2.75) is 125 Å². The summed E-state index contributed by atoms with van der Waals surface area (Å²) in [5.74, 6) is 0.182. The summed E-state index contributed by atoms with van der Waals surface area (Å²) in [6, 6.07) is 20.9. The third kappa shape index (κ3) is 11.7. The van der Waals surface area contributed by atoms with Gasteiger partial charge in [-0.1, -0.05) is 72.7 Å². The number of rotatable bonds is 19. The number of aliphatic hydroxyl groups is 1. The van der Waals surface area contributed by atoms with E-state index in [1.165, 1.54) is 4.90 Å². The lowest BCUT2D eigenvalue weighted by Crippen LogP contribution is -2.74. The second kappa shape index (κ2) is 20.9. The van der Waals surface area contributed by atoms with Crippen LogP contribution >= 0.6 is 11.3 Å². The Balaban J connectivity index is 0.896. The standard InChI is InChI=1S/C52H65N5O8S/c1-32-26-40(22-19-37(32)28-53)65-49-51(6,7)48(52(49,8)9)56-46(61)36-17-20-39(21-18-36)64-25-11-10-24-63-30-43(60)55-45(50(3,4)5)47(62)57-29-38(58)27-41(57)42(59)23-14-34-12-15-35(16-13-34)44-33(2)54-31-66-44/h12-13,15-22,26,31,38,41,45,48-49,58H,10-11,14,23-25,27,29-30H2,1-9H3,(H,55,60)(H,56,61)/t38-,41+,45-,48?,49?/m1/s1. The first-order valence-corrected chi connectivity index (χ1v) is 23.7. The van der Waals surface area contributed by atoms with Crippen molar-refractivity contribution in [1.29, 1.82) is 5.26 Å². The molecule has 66 heavy (non-hydrogen) atoms. The summed E-state index contributed by atoms with van der Waals surface area (Å²) >= 11 is 1.59. The lowest BCUT2D eigenvalue weighted by atomic mass is 9.49. The van der Waals surface area contributed by atoms with Crippen molar-refractivity contribution < 1.29 is 38.5 Å². The first-order chi connectivity index (χ1) is 31.2. The molecule has 352 valence electrons. The number of carbonyl (C=O) groups excluding carboxylic acids is 4. The molecule has 13 nitrogen and oxygen atoms in total. The van der Waals surface area contributed by atoms with E-state index in [2.05, 4.69) is 49.4 Å². The number of nitriles is 1. The van der Waals surface area contributed by atoms with E-state index in [0.29, 0.717) is 55.1 Å². The Morgan fingerprint density at radius 2 is 1.62 bits per heavy atom. The average Bonchev–Trinajstić information content (AvgIpc) is 3.89. The minimum atomic E-state index is -0.933. The number of aliphatic hydroxyl groups excluding tert-OH is 1. The highest BCUT2D eigenvalue weighted by Crippen LogP contribution is 2.55. The number of nitrogens with one attached hydrogen (secondary N) is 2. The van der Waals surface area contributed by atoms with Crippen molar-refractivity contribution in [3.63, 3.8) is 0 Å². The SMILES string of the molecule is Cc1cc(OC2C(C)(C)C(NC(=O)c3ccc(OCCCCOCC(=O)N[C@H](C(=O)N4C[C@H](O)C[C@H]4C(=O)CCc4ccc(-c5scnc5C)cc4)C(C)(C)C)cc3)C2(C)C)ccc1C#N. The van der Waals surface area contributed by atoms with Gasteiger partial charge in [0.1, 0.15) is 30.3 Å².